The number of halogens is 1. The van der Waals surface area contributed by atoms with Crippen molar-refractivity contribution >= 4 is 29.9 Å². The average molecular weight is 484 g/mol. The maximum absolute atomic E-state index is 5.60. The first-order chi connectivity index (χ1) is 12.7. The molecule has 27 heavy (non-hydrogen) atoms. The summed E-state index contributed by atoms with van der Waals surface area (Å²) < 4.78 is 11.2. The molecule has 0 saturated heterocycles. The van der Waals surface area contributed by atoms with Gasteiger partial charge in [0.15, 0.2) is 5.96 Å². The molecule has 2 rings (SSSR count). The van der Waals surface area contributed by atoms with E-state index in [1.807, 2.05) is 42.5 Å². The van der Waals surface area contributed by atoms with Gasteiger partial charge < -0.3 is 20.1 Å². The van der Waals surface area contributed by atoms with E-state index in [0.717, 1.165) is 23.8 Å². The predicted molar refractivity (Wildman–Crippen MR) is 120 cm³/mol. The van der Waals surface area contributed by atoms with Gasteiger partial charge in [0.25, 0.3) is 0 Å². The molecule has 0 aliphatic carbocycles. The van der Waals surface area contributed by atoms with Gasteiger partial charge in [-0.1, -0.05) is 38.1 Å². The Labute approximate surface area is 178 Å². The maximum atomic E-state index is 5.60. The Morgan fingerprint density at radius 2 is 1.78 bits per heavy atom. The molecule has 0 fully saturated rings. The molecule has 0 atom stereocenters. The molecule has 2 aromatic rings. The molecule has 0 spiro atoms. The lowest BCUT2D eigenvalue weighted by Crippen LogP contribution is -2.38. The number of hydrogen-bond acceptors (Lipinski definition) is 4. The molecule has 1 aromatic heterocycles. The van der Waals surface area contributed by atoms with Crippen LogP contribution in [0.2, 0.25) is 0 Å². The zero-order valence-corrected chi connectivity index (χ0v) is 18.5. The summed E-state index contributed by atoms with van der Waals surface area (Å²) in [4.78, 5) is 8.53. The maximum Gasteiger partial charge on any atom is 0.213 e. The molecule has 0 unspecified atom stereocenters. The SMILES string of the molecule is CN=C(NCc1ccc(OCCOc2ccccc2)nc1)NCC(C)C.I. The second kappa shape index (κ2) is 13.2. The van der Waals surface area contributed by atoms with E-state index < -0.39 is 0 Å². The van der Waals surface area contributed by atoms with Gasteiger partial charge in [-0.3, -0.25) is 4.99 Å². The van der Waals surface area contributed by atoms with E-state index in [-0.39, 0.29) is 24.0 Å². The van der Waals surface area contributed by atoms with Gasteiger partial charge in [-0.2, -0.15) is 0 Å². The second-order valence-electron chi connectivity index (χ2n) is 6.22. The standard InChI is InChI=1S/C20H28N4O2.HI/c1-16(2)13-23-20(21-3)24-15-17-9-10-19(22-14-17)26-12-11-25-18-7-5-4-6-8-18;/h4-10,14,16H,11-13,15H2,1-3H3,(H2,21,23,24);1H. The monoisotopic (exact) mass is 484 g/mol. The van der Waals surface area contributed by atoms with E-state index >= 15 is 0 Å². The smallest absolute Gasteiger partial charge is 0.213 e. The Kier molecular flexibility index (Phi) is 11.2. The molecule has 148 valence electrons. The fourth-order valence-corrected chi connectivity index (χ4v) is 2.13. The van der Waals surface area contributed by atoms with Crippen LogP contribution in [0.25, 0.3) is 0 Å². The molecule has 0 radical (unpaired) electrons. The first kappa shape index (κ1) is 23.0. The topological polar surface area (TPSA) is 67.8 Å². The molecule has 7 heteroatoms. The number of nitrogens with zero attached hydrogens (tertiary/aromatic N) is 2. The van der Waals surface area contributed by atoms with E-state index in [9.17, 15) is 0 Å². The molecule has 0 aliphatic rings. The van der Waals surface area contributed by atoms with E-state index in [1.54, 1.807) is 13.2 Å². The van der Waals surface area contributed by atoms with Crippen LogP contribution >= 0.6 is 24.0 Å². The summed E-state index contributed by atoms with van der Waals surface area (Å²) in [6, 6.07) is 13.5. The quantitative estimate of drug-likeness (QED) is 0.247. The van der Waals surface area contributed by atoms with E-state index in [4.69, 9.17) is 9.47 Å². The van der Waals surface area contributed by atoms with Gasteiger partial charge in [0.1, 0.15) is 19.0 Å². The highest BCUT2D eigenvalue weighted by Crippen LogP contribution is 2.09. The Hall–Kier alpha value is -2.03. The summed E-state index contributed by atoms with van der Waals surface area (Å²) in [5.41, 5.74) is 1.06. The van der Waals surface area contributed by atoms with Crippen molar-refractivity contribution in [2.24, 2.45) is 10.9 Å². The van der Waals surface area contributed by atoms with Crippen LogP contribution in [-0.4, -0.2) is 37.7 Å². The molecule has 0 saturated carbocycles. The summed E-state index contributed by atoms with van der Waals surface area (Å²) in [5, 5.41) is 6.55. The highest BCUT2D eigenvalue weighted by atomic mass is 127. The number of pyridine rings is 1. The Bertz CT molecular complexity index is 663. The first-order valence-electron chi connectivity index (χ1n) is 8.87. The van der Waals surface area contributed by atoms with Crippen molar-refractivity contribution in [3.05, 3.63) is 54.2 Å². The number of hydrogen-bond donors (Lipinski definition) is 2. The molecule has 1 heterocycles. The minimum absolute atomic E-state index is 0. The Morgan fingerprint density at radius 3 is 2.41 bits per heavy atom. The van der Waals surface area contributed by atoms with Crippen LogP contribution in [0.15, 0.2) is 53.7 Å². The number of ether oxygens (including phenoxy) is 2. The van der Waals surface area contributed by atoms with Crippen molar-refractivity contribution in [3.8, 4) is 11.6 Å². The van der Waals surface area contributed by atoms with Gasteiger partial charge in [-0.25, -0.2) is 4.98 Å². The fourth-order valence-electron chi connectivity index (χ4n) is 2.13. The third-order valence-corrected chi connectivity index (χ3v) is 3.50. The summed E-state index contributed by atoms with van der Waals surface area (Å²) >= 11 is 0. The first-order valence-corrected chi connectivity index (χ1v) is 8.87. The van der Waals surface area contributed by atoms with Crippen LogP contribution in [-0.2, 0) is 6.54 Å². The van der Waals surface area contributed by atoms with Crippen molar-refractivity contribution in [1.82, 2.24) is 15.6 Å². The van der Waals surface area contributed by atoms with Crippen molar-refractivity contribution in [1.29, 1.82) is 0 Å². The van der Waals surface area contributed by atoms with Gasteiger partial charge in [0, 0.05) is 32.4 Å². The zero-order chi connectivity index (χ0) is 18.6. The van der Waals surface area contributed by atoms with Crippen LogP contribution in [0.1, 0.15) is 19.4 Å². The minimum Gasteiger partial charge on any atom is -0.490 e. The lowest BCUT2D eigenvalue weighted by Gasteiger charge is -2.13. The van der Waals surface area contributed by atoms with Crippen LogP contribution < -0.4 is 20.1 Å². The van der Waals surface area contributed by atoms with Crippen LogP contribution in [0, 0.1) is 5.92 Å². The summed E-state index contributed by atoms with van der Waals surface area (Å²) in [5.74, 6) is 2.78. The lowest BCUT2D eigenvalue weighted by molar-refractivity contribution is 0.212. The molecular weight excluding hydrogens is 455 g/mol. The van der Waals surface area contributed by atoms with Gasteiger partial charge in [0.2, 0.25) is 5.88 Å². The fraction of sp³-hybridized carbons (Fsp3) is 0.400. The molecule has 0 bridgehead atoms. The minimum atomic E-state index is 0. The molecule has 6 nitrogen and oxygen atoms in total. The molecule has 2 N–H and O–H groups in total. The van der Waals surface area contributed by atoms with E-state index in [0.29, 0.717) is 31.6 Å². The van der Waals surface area contributed by atoms with Crippen molar-refractivity contribution < 1.29 is 9.47 Å². The largest absolute Gasteiger partial charge is 0.490 e. The Morgan fingerprint density at radius 1 is 1.04 bits per heavy atom. The van der Waals surface area contributed by atoms with Gasteiger partial charge in [-0.15, -0.1) is 24.0 Å². The number of guanidine groups is 1. The number of para-hydroxylation sites is 1. The average Bonchev–Trinajstić information content (AvgIpc) is 2.67. The number of aliphatic imine (C=N–C) groups is 1. The summed E-state index contributed by atoms with van der Waals surface area (Å²) in [7, 11) is 1.77. The summed E-state index contributed by atoms with van der Waals surface area (Å²) in [6.07, 6.45) is 1.80. The van der Waals surface area contributed by atoms with Crippen LogP contribution in [0.5, 0.6) is 11.6 Å². The molecule has 0 amide bonds. The van der Waals surface area contributed by atoms with E-state index in [1.165, 1.54) is 0 Å². The normalized spacial score (nSPS) is 10.9. The zero-order valence-electron chi connectivity index (χ0n) is 16.1. The van der Waals surface area contributed by atoms with Crippen LogP contribution in [0.3, 0.4) is 0 Å². The summed E-state index contributed by atoms with van der Waals surface area (Å²) in [6.45, 7) is 6.79. The van der Waals surface area contributed by atoms with Crippen molar-refractivity contribution in [3.63, 3.8) is 0 Å². The predicted octanol–water partition coefficient (Wildman–Crippen LogP) is 3.48. The number of nitrogens with one attached hydrogen (secondary N) is 2. The molecule has 0 aliphatic heterocycles. The third-order valence-electron chi connectivity index (χ3n) is 3.50. The second-order valence-corrected chi connectivity index (χ2v) is 6.22. The lowest BCUT2D eigenvalue weighted by atomic mass is 10.2. The van der Waals surface area contributed by atoms with Gasteiger partial charge >= 0.3 is 0 Å². The molecular formula is C20H29IN4O2. The van der Waals surface area contributed by atoms with Crippen molar-refractivity contribution in [2.75, 3.05) is 26.8 Å². The number of rotatable bonds is 9. The third kappa shape index (κ3) is 9.46. The number of benzene rings is 1. The van der Waals surface area contributed by atoms with Crippen LogP contribution in [0.4, 0.5) is 0 Å². The van der Waals surface area contributed by atoms with Gasteiger partial charge in [-0.05, 0) is 23.6 Å². The molecule has 1 aromatic carbocycles. The van der Waals surface area contributed by atoms with Crippen molar-refractivity contribution in [2.45, 2.75) is 20.4 Å². The highest BCUT2D eigenvalue weighted by Gasteiger charge is 2.01. The van der Waals surface area contributed by atoms with E-state index in [2.05, 4.69) is 34.5 Å². The van der Waals surface area contributed by atoms with Gasteiger partial charge in [0.05, 0.1) is 0 Å². The number of aromatic nitrogens is 1. The Balaban J connectivity index is 0.00000364. The highest BCUT2D eigenvalue weighted by molar-refractivity contribution is 14.0.